The molecule has 0 aliphatic rings. The molecule has 0 spiro atoms. The molecule has 2 rings (SSSR count). The molecule has 1 heterocycles. The summed E-state index contributed by atoms with van der Waals surface area (Å²) in [5.41, 5.74) is 6.25. The molecule has 3 N–H and O–H groups in total. The van der Waals surface area contributed by atoms with Crippen LogP contribution in [-0.2, 0) is 0 Å². The van der Waals surface area contributed by atoms with Gasteiger partial charge < -0.3 is 10.8 Å². The van der Waals surface area contributed by atoms with Crippen molar-refractivity contribution in [2.75, 3.05) is 5.73 Å². The summed E-state index contributed by atoms with van der Waals surface area (Å²) >= 11 is 0. The predicted molar refractivity (Wildman–Crippen MR) is 59.7 cm³/mol. The highest BCUT2D eigenvalue weighted by molar-refractivity contribution is 5.92. The second-order valence-corrected chi connectivity index (χ2v) is 3.28. The quantitative estimate of drug-likeness (QED) is 0.798. The van der Waals surface area contributed by atoms with E-state index in [9.17, 15) is 4.79 Å². The third kappa shape index (κ3) is 1.70. The highest BCUT2D eigenvalue weighted by Gasteiger charge is 2.14. The van der Waals surface area contributed by atoms with Crippen molar-refractivity contribution in [3.05, 3.63) is 41.9 Å². The number of carboxylic acids is 1. The highest BCUT2D eigenvalue weighted by Crippen LogP contribution is 2.20. The van der Waals surface area contributed by atoms with Crippen LogP contribution in [0.2, 0.25) is 0 Å². The Morgan fingerprint density at radius 3 is 2.76 bits per heavy atom. The Kier molecular flexibility index (Phi) is 2.51. The Morgan fingerprint density at radius 1 is 1.47 bits per heavy atom. The van der Waals surface area contributed by atoms with E-state index < -0.39 is 5.97 Å². The van der Waals surface area contributed by atoms with Crippen LogP contribution in [-0.4, -0.2) is 20.6 Å². The molecule has 0 atom stereocenters. The first kappa shape index (κ1) is 10.7. The highest BCUT2D eigenvalue weighted by atomic mass is 16.4. The van der Waals surface area contributed by atoms with Crippen LogP contribution in [0.4, 0.5) is 5.82 Å². The number of nitrogens with two attached hydrogens (primary N) is 1. The Hall–Kier alpha value is -2.81. The van der Waals surface area contributed by atoms with Gasteiger partial charge in [0.2, 0.25) is 0 Å². The first-order valence-corrected chi connectivity index (χ1v) is 4.70. The summed E-state index contributed by atoms with van der Waals surface area (Å²) in [5, 5.41) is 17.8. The molecule has 0 unspecified atom stereocenters. The van der Waals surface area contributed by atoms with Gasteiger partial charge in [-0.15, -0.1) is 0 Å². The van der Waals surface area contributed by atoms with Gasteiger partial charge in [0, 0.05) is 0 Å². The number of aromatic nitrogens is 2. The van der Waals surface area contributed by atoms with Crippen molar-refractivity contribution in [3.8, 4) is 11.8 Å². The maximum Gasteiger partial charge on any atom is 0.337 e. The summed E-state index contributed by atoms with van der Waals surface area (Å²) in [6, 6.07) is 8.20. The minimum Gasteiger partial charge on any atom is -0.478 e. The van der Waals surface area contributed by atoms with E-state index in [4.69, 9.17) is 16.1 Å². The van der Waals surface area contributed by atoms with Gasteiger partial charge in [0.1, 0.15) is 18.2 Å². The van der Waals surface area contributed by atoms with Crippen molar-refractivity contribution < 1.29 is 9.90 Å². The zero-order valence-electron chi connectivity index (χ0n) is 8.66. The number of hydrogen-bond donors (Lipinski definition) is 2. The Morgan fingerprint density at radius 2 is 2.18 bits per heavy atom. The second kappa shape index (κ2) is 3.98. The zero-order chi connectivity index (χ0) is 12.4. The van der Waals surface area contributed by atoms with Gasteiger partial charge in [0.05, 0.1) is 11.3 Å². The van der Waals surface area contributed by atoms with Crippen molar-refractivity contribution in [3.63, 3.8) is 0 Å². The SMILES string of the molecule is N#Cc1ncn(-c2ccccc2C(=O)O)c1N. The fraction of sp³-hybridized carbons (Fsp3) is 0. The van der Waals surface area contributed by atoms with E-state index in [1.807, 2.05) is 6.07 Å². The van der Waals surface area contributed by atoms with Gasteiger partial charge in [0.15, 0.2) is 5.69 Å². The molecule has 0 aliphatic carbocycles. The molecular formula is C11H8N4O2. The molecule has 0 radical (unpaired) electrons. The van der Waals surface area contributed by atoms with Crippen LogP contribution >= 0.6 is 0 Å². The van der Waals surface area contributed by atoms with Crippen LogP contribution < -0.4 is 5.73 Å². The molecule has 6 nitrogen and oxygen atoms in total. The van der Waals surface area contributed by atoms with Crippen LogP contribution in [0.15, 0.2) is 30.6 Å². The summed E-state index contributed by atoms with van der Waals surface area (Å²) in [4.78, 5) is 14.8. The summed E-state index contributed by atoms with van der Waals surface area (Å²) in [7, 11) is 0. The van der Waals surface area contributed by atoms with Gasteiger partial charge in [0.25, 0.3) is 0 Å². The molecule has 0 fully saturated rings. The lowest BCUT2D eigenvalue weighted by atomic mass is 10.2. The first-order valence-electron chi connectivity index (χ1n) is 4.70. The Labute approximate surface area is 96.5 Å². The second-order valence-electron chi connectivity index (χ2n) is 3.28. The number of aromatic carboxylic acids is 1. The summed E-state index contributed by atoms with van der Waals surface area (Å²) in [5.74, 6) is -0.937. The number of nitrogens with zero attached hydrogens (tertiary/aromatic N) is 3. The number of rotatable bonds is 2. The average molecular weight is 228 g/mol. The molecule has 0 bridgehead atoms. The van der Waals surface area contributed by atoms with Crippen molar-refractivity contribution in [1.82, 2.24) is 9.55 Å². The Balaban J connectivity index is 2.65. The largest absolute Gasteiger partial charge is 0.478 e. The van der Waals surface area contributed by atoms with Gasteiger partial charge >= 0.3 is 5.97 Å². The van der Waals surface area contributed by atoms with Crippen LogP contribution in [0.3, 0.4) is 0 Å². The van der Waals surface area contributed by atoms with Crippen molar-refractivity contribution in [1.29, 1.82) is 5.26 Å². The number of hydrogen-bond acceptors (Lipinski definition) is 4. The third-order valence-corrected chi connectivity index (χ3v) is 2.30. The van der Waals surface area contributed by atoms with Gasteiger partial charge in [-0.25, -0.2) is 9.78 Å². The summed E-state index contributed by atoms with van der Waals surface area (Å²) in [6.07, 6.45) is 1.33. The van der Waals surface area contributed by atoms with E-state index in [2.05, 4.69) is 4.98 Å². The number of anilines is 1. The van der Waals surface area contributed by atoms with E-state index in [0.717, 1.165) is 0 Å². The van der Waals surface area contributed by atoms with Gasteiger partial charge in [-0.05, 0) is 12.1 Å². The maximum absolute atomic E-state index is 11.0. The molecule has 1 aromatic heterocycles. The van der Waals surface area contributed by atoms with E-state index in [0.29, 0.717) is 5.69 Å². The van der Waals surface area contributed by atoms with Gasteiger partial charge in [-0.3, -0.25) is 4.57 Å². The number of imidazole rings is 1. The molecule has 6 heteroatoms. The normalized spacial score (nSPS) is 9.82. The summed E-state index contributed by atoms with van der Waals surface area (Å²) in [6.45, 7) is 0. The molecule has 0 saturated carbocycles. The zero-order valence-corrected chi connectivity index (χ0v) is 8.66. The predicted octanol–water partition coefficient (Wildman–Crippen LogP) is 1.02. The number of carboxylic acid groups (broad SMARTS) is 1. The lowest BCUT2D eigenvalue weighted by Crippen LogP contribution is -2.07. The minimum absolute atomic E-state index is 0.0743. The molecule has 2 aromatic rings. The van der Waals surface area contributed by atoms with E-state index in [1.165, 1.54) is 17.0 Å². The Bertz CT molecular complexity index is 625. The molecule has 84 valence electrons. The molecule has 1 aromatic carbocycles. The van der Waals surface area contributed by atoms with E-state index in [-0.39, 0.29) is 17.1 Å². The number of benzene rings is 1. The van der Waals surface area contributed by atoms with Crippen LogP contribution in [0.1, 0.15) is 16.1 Å². The van der Waals surface area contributed by atoms with E-state index >= 15 is 0 Å². The fourth-order valence-electron chi connectivity index (χ4n) is 1.50. The molecule has 0 saturated heterocycles. The maximum atomic E-state index is 11.0. The molecule has 17 heavy (non-hydrogen) atoms. The standard InChI is InChI=1S/C11H8N4O2/c12-5-8-10(13)15(6-14-8)9-4-2-1-3-7(9)11(16)17/h1-4,6H,13H2,(H,16,17). The lowest BCUT2D eigenvalue weighted by molar-refractivity contribution is 0.0697. The number of nitriles is 1. The summed E-state index contributed by atoms with van der Waals surface area (Å²) < 4.78 is 1.38. The first-order chi connectivity index (χ1) is 8.15. The van der Waals surface area contributed by atoms with Gasteiger partial charge in [-0.1, -0.05) is 12.1 Å². The van der Waals surface area contributed by atoms with Crippen LogP contribution in [0.5, 0.6) is 0 Å². The van der Waals surface area contributed by atoms with Gasteiger partial charge in [-0.2, -0.15) is 5.26 Å². The third-order valence-electron chi connectivity index (χ3n) is 2.30. The van der Waals surface area contributed by atoms with Crippen molar-refractivity contribution in [2.45, 2.75) is 0 Å². The number of para-hydroxylation sites is 1. The van der Waals surface area contributed by atoms with Crippen LogP contribution in [0.25, 0.3) is 5.69 Å². The van der Waals surface area contributed by atoms with E-state index in [1.54, 1.807) is 18.2 Å². The minimum atomic E-state index is -1.06. The van der Waals surface area contributed by atoms with Crippen molar-refractivity contribution >= 4 is 11.8 Å². The number of nitrogen functional groups attached to an aromatic ring is 1. The fourth-order valence-corrected chi connectivity index (χ4v) is 1.50. The monoisotopic (exact) mass is 228 g/mol. The lowest BCUT2D eigenvalue weighted by Gasteiger charge is -2.07. The molecule has 0 amide bonds. The smallest absolute Gasteiger partial charge is 0.337 e. The topological polar surface area (TPSA) is 105 Å². The van der Waals surface area contributed by atoms with Crippen molar-refractivity contribution in [2.24, 2.45) is 0 Å². The number of carbonyl (C=O) groups is 1. The molecular weight excluding hydrogens is 220 g/mol. The average Bonchev–Trinajstić information content (AvgIpc) is 2.70. The van der Waals surface area contributed by atoms with Crippen LogP contribution in [0, 0.1) is 11.3 Å². The molecule has 0 aliphatic heterocycles.